The molecule has 0 saturated carbocycles. The van der Waals surface area contributed by atoms with Gasteiger partial charge in [-0.2, -0.15) is 20.1 Å². The number of ether oxygens (including phenoxy) is 2. The molecule has 0 radical (unpaired) electrons. The summed E-state index contributed by atoms with van der Waals surface area (Å²) < 4.78 is 11.9. The van der Waals surface area contributed by atoms with Crippen molar-refractivity contribution in [2.45, 2.75) is 51.9 Å². The number of anilines is 3. The van der Waals surface area contributed by atoms with Gasteiger partial charge in [-0.25, -0.2) is 5.43 Å². The molecule has 2 aromatic carbocycles. The van der Waals surface area contributed by atoms with Crippen LogP contribution in [-0.2, 0) is 5.41 Å². The number of hydrazone groups is 1. The molecule has 0 unspecified atom stereocenters. The van der Waals surface area contributed by atoms with E-state index in [2.05, 4.69) is 63.2 Å². The van der Waals surface area contributed by atoms with E-state index >= 15 is 0 Å². The summed E-state index contributed by atoms with van der Waals surface area (Å²) in [6.45, 7) is 11.2. The second-order valence-corrected chi connectivity index (χ2v) is 11.6. The van der Waals surface area contributed by atoms with Crippen LogP contribution in [0, 0.1) is 0 Å². The Kier molecular flexibility index (Phi) is 8.89. The molecule has 2 saturated heterocycles. The highest BCUT2D eigenvalue weighted by molar-refractivity contribution is 6.30. The van der Waals surface area contributed by atoms with Crippen molar-refractivity contribution in [3.63, 3.8) is 0 Å². The molecule has 9 nitrogen and oxygen atoms in total. The van der Waals surface area contributed by atoms with Crippen LogP contribution in [0.4, 0.5) is 17.8 Å². The number of hydrogen-bond donors (Lipinski definition) is 1. The molecule has 2 aliphatic rings. The summed E-state index contributed by atoms with van der Waals surface area (Å²) in [4.78, 5) is 18.5. The maximum atomic E-state index is 6.28. The predicted octanol–water partition coefficient (Wildman–Crippen LogP) is 5.93. The number of halogens is 1. The van der Waals surface area contributed by atoms with Crippen molar-refractivity contribution in [2.75, 3.05) is 54.6 Å². The minimum Gasteiger partial charge on any atom is -0.490 e. The molecule has 2 fully saturated rings. The maximum Gasteiger partial charge on any atom is 0.250 e. The Morgan fingerprint density at radius 3 is 2.05 bits per heavy atom. The van der Waals surface area contributed by atoms with Crippen LogP contribution in [0.25, 0.3) is 0 Å². The third kappa shape index (κ3) is 7.33. The molecule has 1 aromatic heterocycles. The van der Waals surface area contributed by atoms with E-state index in [0.29, 0.717) is 41.8 Å². The standard InChI is InChI=1S/C30H38ClN7O2/c1-30(2,3)23-8-11-25(12-9-23)39-18-19-40-26-13-10-24(31)20-22(26)21-32-36-27-33-28(37-14-4-5-15-37)35-29(34-27)38-16-6-7-17-38/h8-13,20-21H,4-7,14-19H2,1-3H3,(H,33,34,35,36)/b32-21+. The Morgan fingerprint density at radius 1 is 0.850 bits per heavy atom. The summed E-state index contributed by atoms with van der Waals surface area (Å²) in [5.41, 5.74) is 5.12. The summed E-state index contributed by atoms with van der Waals surface area (Å²) >= 11 is 6.28. The smallest absolute Gasteiger partial charge is 0.250 e. The van der Waals surface area contributed by atoms with E-state index in [0.717, 1.165) is 63.2 Å². The monoisotopic (exact) mass is 563 g/mol. The van der Waals surface area contributed by atoms with Gasteiger partial charge in [0.15, 0.2) is 0 Å². The zero-order chi connectivity index (χ0) is 28.0. The summed E-state index contributed by atoms with van der Waals surface area (Å²) in [5, 5.41) is 5.01. The fraction of sp³-hybridized carbons (Fsp3) is 0.467. The topological polar surface area (TPSA) is 88.0 Å². The Labute approximate surface area is 241 Å². The summed E-state index contributed by atoms with van der Waals surface area (Å²) in [6.07, 6.45) is 6.27. The quantitative estimate of drug-likeness (QED) is 0.184. The molecule has 212 valence electrons. The van der Waals surface area contributed by atoms with E-state index < -0.39 is 0 Å². The molecular formula is C30H38ClN7O2. The normalized spacial score (nSPS) is 15.7. The van der Waals surface area contributed by atoms with Crippen molar-refractivity contribution in [1.29, 1.82) is 0 Å². The number of nitrogens with one attached hydrogen (secondary N) is 1. The minimum absolute atomic E-state index is 0.110. The molecule has 40 heavy (non-hydrogen) atoms. The van der Waals surface area contributed by atoms with Crippen LogP contribution in [0.15, 0.2) is 47.6 Å². The Balaban J connectivity index is 1.21. The van der Waals surface area contributed by atoms with Crippen LogP contribution in [0.1, 0.15) is 57.6 Å². The van der Waals surface area contributed by atoms with Crippen molar-refractivity contribution in [3.8, 4) is 11.5 Å². The van der Waals surface area contributed by atoms with E-state index in [1.807, 2.05) is 24.3 Å². The molecule has 0 spiro atoms. The first-order valence-corrected chi connectivity index (χ1v) is 14.4. The second-order valence-electron chi connectivity index (χ2n) is 11.2. The van der Waals surface area contributed by atoms with Crippen LogP contribution in [0.5, 0.6) is 11.5 Å². The lowest BCUT2D eigenvalue weighted by molar-refractivity contribution is 0.217. The van der Waals surface area contributed by atoms with Crippen molar-refractivity contribution < 1.29 is 9.47 Å². The second kappa shape index (κ2) is 12.7. The minimum atomic E-state index is 0.110. The van der Waals surface area contributed by atoms with Crippen LogP contribution in [-0.4, -0.2) is 60.6 Å². The first-order valence-electron chi connectivity index (χ1n) is 14.1. The molecule has 0 aliphatic carbocycles. The first-order chi connectivity index (χ1) is 19.3. The predicted molar refractivity (Wildman–Crippen MR) is 162 cm³/mol. The summed E-state index contributed by atoms with van der Waals surface area (Å²) in [5.74, 6) is 3.30. The molecule has 1 N–H and O–H groups in total. The number of benzene rings is 2. The number of rotatable bonds is 10. The lowest BCUT2D eigenvalue weighted by atomic mass is 9.87. The fourth-order valence-corrected chi connectivity index (χ4v) is 4.98. The maximum absolute atomic E-state index is 6.28. The molecule has 10 heteroatoms. The van der Waals surface area contributed by atoms with E-state index in [9.17, 15) is 0 Å². The molecule has 3 heterocycles. The average Bonchev–Trinajstić information content (AvgIpc) is 3.67. The molecule has 0 bridgehead atoms. The van der Waals surface area contributed by atoms with Gasteiger partial charge in [-0.05, 0) is 67.0 Å². The third-order valence-electron chi connectivity index (χ3n) is 7.06. The van der Waals surface area contributed by atoms with Gasteiger partial charge in [0.25, 0.3) is 0 Å². The highest BCUT2D eigenvalue weighted by atomic mass is 35.5. The van der Waals surface area contributed by atoms with E-state index in [1.54, 1.807) is 12.3 Å². The molecule has 0 atom stereocenters. The van der Waals surface area contributed by atoms with Gasteiger partial charge in [0, 0.05) is 36.8 Å². The van der Waals surface area contributed by atoms with Gasteiger partial charge in [-0.3, -0.25) is 0 Å². The lowest BCUT2D eigenvalue weighted by Crippen LogP contribution is -2.25. The largest absolute Gasteiger partial charge is 0.490 e. The molecule has 0 amide bonds. The van der Waals surface area contributed by atoms with E-state index in [1.165, 1.54) is 5.56 Å². The van der Waals surface area contributed by atoms with Gasteiger partial charge in [0.05, 0.1) is 6.21 Å². The van der Waals surface area contributed by atoms with Crippen molar-refractivity contribution in [3.05, 3.63) is 58.6 Å². The van der Waals surface area contributed by atoms with Crippen LogP contribution < -0.4 is 24.7 Å². The van der Waals surface area contributed by atoms with Crippen LogP contribution >= 0.6 is 11.6 Å². The van der Waals surface area contributed by atoms with Crippen molar-refractivity contribution in [1.82, 2.24) is 15.0 Å². The van der Waals surface area contributed by atoms with Gasteiger partial charge in [-0.15, -0.1) is 0 Å². The number of aromatic nitrogens is 3. The lowest BCUT2D eigenvalue weighted by Gasteiger charge is -2.20. The Hall–Kier alpha value is -3.59. The Morgan fingerprint density at radius 2 is 1.45 bits per heavy atom. The molecular weight excluding hydrogens is 526 g/mol. The zero-order valence-electron chi connectivity index (χ0n) is 23.6. The zero-order valence-corrected chi connectivity index (χ0v) is 24.3. The fourth-order valence-electron chi connectivity index (χ4n) is 4.79. The van der Waals surface area contributed by atoms with Gasteiger partial charge in [0.2, 0.25) is 17.8 Å². The molecule has 5 rings (SSSR count). The number of nitrogens with zero attached hydrogens (tertiary/aromatic N) is 6. The van der Waals surface area contributed by atoms with E-state index in [4.69, 9.17) is 26.1 Å². The summed E-state index contributed by atoms with van der Waals surface area (Å²) in [7, 11) is 0. The number of hydrogen-bond acceptors (Lipinski definition) is 9. The van der Waals surface area contributed by atoms with Gasteiger partial charge in [0.1, 0.15) is 24.7 Å². The SMILES string of the molecule is CC(C)(C)c1ccc(OCCOc2ccc(Cl)cc2/C=N/Nc2nc(N3CCCC3)nc(N3CCCC3)n2)cc1. The van der Waals surface area contributed by atoms with Crippen LogP contribution in [0.2, 0.25) is 5.02 Å². The first kappa shape index (κ1) is 28.0. The van der Waals surface area contributed by atoms with Gasteiger partial charge in [-0.1, -0.05) is 44.5 Å². The van der Waals surface area contributed by atoms with E-state index in [-0.39, 0.29) is 5.41 Å². The average molecular weight is 564 g/mol. The molecule has 3 aromatic rings. The van der Waals surface area contributed by atoms with Crippen molar-refractivity contribution >= 4 is 35.7 Å². The van der Waals surface area contributed by atoms with Gasteiger partial charge >= 0.3 is 0 Å². The Bertz CT molecular complexity index is 1260. The van der Waals surface area contributed by atoms with Gasteiger partial charge < -0.3 is 19.3 Å². The molecule has 2 aliphatic heterocycles. The van der Waals surface area contributed by atoms with Crippen molar-refractivity contribution in [2.24, 2.45) is 5.10 Å². The highest BCUT2D eigenvalue weighted by Crippen LogP contribution is 2.26. The summed E-state index contributed by atoms with van der Waals surface area (Å²) in [6, 6.07) is 13.6. The highest BCUT2D eigenvalue weighted by Gasteiger charge is 2.21. The third-order valence-corrected chi connectivity index (χ3v) is 7.29. The van der Waals surface area contributed by atoms with Crippen LogP contribution in [0.3, 0.4) is 0 Å².